The maximum absolute atomic E-state index is 13.3. The first-order valence-corrected chi connectivity index (χ1v) is 12.7. The van der Waals surface area contributed by atoms with E-state index in [9.17, 15) is 18.9 Å². The smallest absolute Gasteiger partial charge is 0.407 e. The summed E-state index contributed by atoms with van der Waals surface area (Å²) < 4.78 is 26.9. The van der Waals surface area contributed by atoms with Gasteiger partial charge in [0.1, 0.15) is 16.2 Å². The monoisotopic (exact) mass is 525 g/mol. The van der Waals surface area contributed by atoms with Crippen LogP contribution in [0.2, 0.25) is 0 Å². The zero-order valence-electron chi connectivity index (χ0n) is 21.2. The van der Waals surface area contributed by atoms with E-state index in [-0.39, 0.29) is 5.56 Å². The Kier molecular flexibility index (Phi) is 9.13. The second-order valence-corrected chi connectivity index (χ2v) is 10.2. The summed E-state index contributed by atoms with van der Waals surface area (Å²) in [5, 5.41) is 15.2. The Balaban J connectivity index is 1.68. The average Bonchev–Trinajstić information content (AvgIpc) is 2.85. The summed E-state index contributed by atoms with van der Waals surface area (Å²) in [4.78, 5) is 23.5. The van der Waals surface area contributed by atoms with Gasteiger partial charge in [0.15, 0.2) is 11.0 Å². The van der Waals surface area contributed by atoms with E-state index in [1.54, 1.807) is 69.3 Å². The van der Waals surface area contributed by atoms with Gasteiger partial charge in [-0.05, 0) is 74.4 Å². The third-order valence-corrected chi connectivity index (χ3v) is 6.14. The molecule has 10 heteroatoms. The number of amides is 1. The summed E-state index contributed by atoms with van der Waals surface area (Å²) in [6, 6.07) is 19.0. The van der Waals surface area contributed by atoms with Gasteiger partial charge < -0.3 is 29.9 Å². The van der Waals surface area contributed by atoms with Crippen molar-refractivity contribution in [1.82, 2.24) is 5.32 Å². The molecule has 3 aromatic carbocycles. The minimum Gasteiger partial charge on any atom is -0.495 e. The van der Waals surface area contributed by atoms with E-state index in [2.05, 4.69) is 15.4 Å². The molecule has 196 valence electrons. The second-order valence-electron chi connectivity index (χ2n) is 9.06. The van der Waals surface area contributed by atoms with Crippen LogP contribution in [-0.4, -0.2) is 47.2 Å². The average molecular weight is 526 g/mol. The molecule has 0 saturated heterocycles. The number of alkyl carbamates (subject to hydrolysis) is 1. The Hall–Kier alpha value is -4.05. The van der Waals surface area contributed by atoms with Crippen molar-refractivity contribution < 1.29 is 28.4 Å². The van der Waals surface area contributed by atoms with Crippen molar-refractivity contribution >= 4 is 34.4 Å². The van der Waals surface area contributed by atoms with Crippen LogP contribution < -0.4 is 20.1 Å². The molecule has 1 atom stereocenters. The molecule has 0 saturated carbocycles. The Labute approximate surface area is 218 Å². The molecule has 0 aliphatic carbocycles. The minimum absolute atomic E-state index is 0.166. The fraction of sp³-hybridized carbons (Fsp3) is 0.259. The molecule has 0 aromatic heterocycles. The van der Waals surface area contributed by atoms with Crippen LogP contribution in [0.1, 0.15) is 31.1 Å². The van der Waals surface area contributed by atoms with Crippen LogP contribution in [0.4, 0.5) is 16.2 Å². The third-order valence-electron chi connectivity index (χ3n) is 5.00. The standard InChI is InChI=1S/C27H31N3O6S/c1-27(2,3)36-26(33)29-14-13-28-21-9-6-10-22(17-21)30-37(34)24-16-19(11-12-23(24)35-4)18-7-5-8-20(15-18)25(31)32/h5-12,15-17,28,30H,13-14H2,1-4H3,(H,29,33)(H,31,32). The summed E-state index contributed by atoms with van der Waals surface area (Å²) in [7, 11) is -0.172. The first kappa shape index (κ1) is 27.5. The van der Waals surface area contributed by atoms with Gasteiger partial charge in [-0.25, -0.2) is 13.8 Å². The first-order chi connectivity index (χ1) is 17.6. The van der Waals surface area contributed by atoms with Gasteiger partial charge in [-0.2, -0.15) is 0 Å². The highest BCUT2D eigenvalue weighted by Crippen LogP contribution is 2.30. The van der Waals surface area contributed by atoms with E-state index in [4.69, 9.17) is 9.47 Å². The number of carbonyl (C=O) groups excluding carboxylic acids is 1. The normalized spacial score (nSPS) is 11.8. The lowest BCUT2D eigenvalue weighted by molar-refractivity contribution is 0.0529. The van der Waals surface area contributed by atoms with E-state index in [1.165, 1.54) is 13.2 Å². The Morgan fingerprint density at radius 2 is 1.62 bits per heavy atom. The number of methoxy groups -OCH3 is 1. The van der Waals surface area contributed by atoms with Gasteiger partial charge in [0.05, 0.1) is 12.7 Å². The minimum atomic E-state index is -1.67. The van der Waals surface area contributed by atoms with Crippen LogP contribution in [0.5, 0.6) is 5.75 Å². The van der Waals surface area contributed by atoms with Crippen LogP contribution in [0.15, 0.2) is 71.6 Å². The highest BCUT2D eigenvalue weighted by molar-refractivity contribution is 7.86. The fourth-order valence-electron chi connectivity index (χ4n) is 3.37. The van der Waals surface area contributed by atoms with Crippen LogP contribution in [0.25, 0.3) is 11.1 Å². The number of carboxylic acids is 1. The third kappa shape index (κ3) is 8.25. The molecule has 0 aliphatic heterocycles. The zero-order valence-corrected chi connectivity index (χ0v) is 22.0. The van der Waals surface area contributed by atoms with Crippen molar-refractivity contribution in [2.45, 2.75) is 31.3 Å². The number of hydrogen-bond acceptors (Lipinski definition) is 6. The second kappa shape index (κ2) is 12.3. The van der Waals surface area contributed by atoms with Gasteiger partial charge in [-0.3, -0.25) is 0 Å². The van der Waals surface area contributed by atoms with E-state index in [0.717, 1.165) is 5.69 Å². The fourth-order valence-corrected chi connectivity index (χ4v) is 4.39. The lowest BCUT2D eigenvalue weighted by Gasteiger charge is -2.19. The molecule has 1 unspecified atom stereocenters. The molecule has 0 bridgehead atoms. The summed E-state index contributed by atoms with van der Waals surface area (Å²) in [6.07, 6.45) is -0.481. The highest BCUT2D eigenvalue weighted by Gasteiger charge is 2.16. The number of carboxylic acid groups (broad SMARTS) is 1. The van der Waals surface area contributed by atoms with Crippen LogP contribution >= 0.6 is 0 Å². The molecular weight excluding hydrogens is 494 g/mol. The van der Waals surface area contributed by atoms with Gasteiger partial charge in [-0.15, -0.1) is 0 Å². The quantitative estimate of drug-likeness (QED) is 0.270. The molecule has 0 spiro atoms. The highest BCUT2D eigenvalue weighted by atomic mass is 32.2. The first-order valence-electron chi connectivity index (χ1n) is 11.6. The molecule has 0 fully saturated rings. The molecule has 0 aliphatic rings. The van der Waals surface area contributed by atoms with Crippen molar-refractivity contribution in [3.05, 3.63) is 72.3 Å². The molecule has 0 heterocycles. The topological polar surface area (TPSA) is 126 Å². The number of ether oxygens (including phenoxy) is 2. The van der Waals surface area contributed by atoms with Gasteiger partial charge in [0, 0.05) is 24.5 Å². The van der Waals surface area contributed by atoms with Gasteiger partial charge >= 0.3 is 12.1 Å². The predicted molar refractivity (Wildman–Crippen MR) is 145 cm³/mol. The SMILES string of the molecule is COc1ccc(-c2cccc(C(=O)O)c2)cc1S(=O)Nc1cccc(NCCNC(=O)OC(C)(C)C)c1. The van der Waals surface area contributed by atoms with Crippen molar-refractivity contribution in [2.24, 2.45) is 0 Å². The lowest BCUT2D eigenvalue weighted by Crippen LogP contribution is -2.34. The van der Waals surface area contributed by atoms with Crippen LogP contribution in [0.3, 0.4) is 0 Å². The van der Waals surface area contributed by atoms with Crippen LogP contribution in [-0.2, 0) is 15.7 Å². The number of aromatic carboxylic acids is 1. The maximum atomic E-state index is 13.3. The van der Waals surface area contributed by atoms with E-state index in [0.29, 0.717) is 40.5 Å². The molecule has 37 heavy (non-hydrogen) atoms. The number of rotatable bonds is 10. The summed E-state index contributed by atoms with van der Waals surface area (Å²) in [5.74, 6) is -0.582. The molecule has 3 rings (SSSR count). The summed E-state index contributed by atoms with van der Waals surface area (Å²) in [5.41, 5.74) is 2.40. The van der Waals surface area contributed by atoms with Crippen molar-refractivity contribution in [1.29, 1.82) is 0 Å². The van der Waals surface area contributed by atoms with Crippen molar-refractivity contribution in [3.63, 3.8) is 0 Å². The van der Waals surface area contributed by atoms with E-state index in [1.807, 2.05) is 12.1 Å². The van der Waals surface area contributed by atoms with Gasteiger partial charge in [0.25, 0.3) is 0 Å². The molecular formula is C27H31N3O6S. The molecule has 1 amide bonds. The van der Waals surface area contributed by atoms with Crippen molar-refractivity contribution in [3.8, 4) is 16.9 Å². The number of nitrogens with one attached hydrogen (secondary N) is 3. The largest absolute Gasteiger partial charge is 0.495 e. The van der Waals surface area contributed by atoms with Crippen molar-refractivity contribution in [2.75, 3.05) is 30.2 Å². The van der Waals surface area contributed by atoms with Crippen LogP contribution in [0, 0.1) is 0 Å². The number of carbonyl (C=O) groups is 2. The molecule has 0 radical (unpaired) electrons. The Morgan fingerprint density at radius 1 is 0.919 bits per heavy atom. The number of anilines is 2. The molecule has 3 aromatic rings. The Bertz CT molecular complexity index is 1290. The van der Waals surface area contributed by atoms with E-state index >= 15 is 0 Å². The Morgan fingerprint density at radius 3 is 2.32 bits per heavy atom. The lowest BCUT2D eigenvalue weighted by atomic mass is 10.0. The number of hydrogen-bond donors (Lipinski definition) is 4. The van der Waals surface area contributed by atoms with E-state index < -0.39 is 28.6 Å². The predicted octanol–water partition coefficient (Wildman–Crippen LogP) is 5.13. The molecule has 9 nitrogen and oxygen atoms in total. The number of benzene rings is 3. The van der Waals surface area contributed by atoms with Gasteiger partial charge in [0.2, 0.25) is 0 Å². The summed E-state index contributed by atoms with van der Waals surface area (Å²) >= 11 is 0. The summed E-state index contributed by atoms with van der Waals surface area (Å²) in [6.45, 7) is 6.24. The zero-order chi connectivity index (χ0) is 27.0. The molecule has 4 N–H and O–H groups in total. The maximum Gasteiger partial charge on any atom is 0.407 e. The van der Waals surface area contributed by atoms with Gasteiger partial charge in [-0.1, -0.05) is 24.3 Å².